The first kappa shape index (κ1) is 18.9. The van der Waals surface area contributed by atoms with Crippen molar-refractivity contribution in [2.75, 3.05) is 13.1 Å². The van der Waals surface area contributed by atoms with Crippen LogP contribution in [0, 0.1) is 6.92 Å². The maximum atomic E-state index is 11.6. The maximum Gasteiger partial charge on any atom is 0.220 e. The lowest BCUT2D eigenvalue weighted by molar-refractivity contribution is -0.121. The molecule has 0 unspecified atom stereocenters. The van der Waals surface area contributed by atoms with Gasteiger partial charge < -0.3 is 11.1 Å². The van der Waals surface area contributed by atoms with E-state index in [1.807, 2.05) is 12.1 Å². The number of nitrogens with two attached hydrogens (primary N) is 1. The zero-order valence-corrected chi connectivity index (χ0v) is 13.2. The fourth-order valence-corrected chi connectivity index (χ4v) is 2.10. The van der Waals surface area contributed by atoms with Gasteiger partial charge in [0.15, 0.2) is 0 Å². The Bertz CT molecular complexity index is 382. The summed E-state index contributed by atoms with van der Waals surface area (Å²) in [4.78, 5) is 11.6. The minimum Gasteiger partial charge on any atom is -0.356 e. The van der Waals surface area contributed by atoms with Gasteiger partial charge in [0.05, 0.1) is 0 Å². The minimum absolute atomic E-state index is 0. The van der Waals surface area contributed by atoms with Crippen molar-refractivity contribution in [3.8, 4) is 0 Å². The number of carbonyl (C=O) groups is 1. The van der Waals surface area contributed by atoms with Gasteiger partial charge in [0.1, 0.15) is 0 Å². The van der Waals surface area contributed by atoms with Crippen molar-refractivity contribution in [1.29, 1.82) is 0 Å². The van der Waals surface area contributed by atoms with Gasteiger partial charge in [0.2, 0.25) is 5.91 Å². The SMILES string of the molecule is Cc1ccccc1CCNC(=O)CCCCCCN.Cl. The highest BCUT2D eigenvalue weighted by molar-refractivity contribution is 5.85. The Hall–Kier alpha value is -1.06. The lowest BCUT2D eigenvalue weighted by atomic mass is 10.1. The van der Waals surface area contributed by atoms with Gasteiger partial charge in [-0.3, -0.25) is 4.79 Å². The molecule has 0 radical (unpaired) electrons. The summed E-state index contributed by atoms with van der Waals surface area (Å²) in [7, 11) is 0. The Kier molecular flexibility index (Phi) is 11.1. The van der Waals surface area contributed by atoms with E-state index in [9.17, 15) is 4.79 Å². The molecule has 0 aliphatic carbocycles. The fourth-order valence-electron chi connectivity index (χ4n) is 2.10. The van der Waals surface area contributed by atoms with Crippen LogP contribution in [0.1, 0.15) is 43.2 Å². The number of carbonyl (C=O) groups excluding carboxylic acids is 1. The summed E-state index contributed by atoms with van der Waals surface area (Å²) in [6, 6.07) is 8.31. The molecule has 0 atom stereocenters. The van der Waals surface area contributed by atoms with Gasteiger partial charge in [0, 0.05) is 13.0 Å². The van der Waals surface area contributed by atoms with Crippen molar-refractivity contribution in [2.24, 2.45) is 5.73 Å². The van der Waals surface area contributed by atoms with Crippen molar-refractivity contribution >= 4 is 18.3 Å². The summed E-state index contributed by atoms with van der Waals surface area (Å²) in [5.41, 5.74) is 8.03. The zero-order valence-electron chi connectivity index (χ0n) is 12.4. The van der Waals surface area contributed by atoms with Gasteiger partial charge in [-0.05, 0) is 43.9 Å². The summed E-state index contributed by atoms with van der Waals surface area (Å²) >= 11 is 0. The van der Waals surface area contributed by atoms with Crippen LogP contribution in [0.3, 0.4) is 0 Å². The average molecular weight is 299 g/mol. The second-order valence-electron chi connectivity index (χ2n) is 4.98. The van der Waals surface area contributed by atoms with Gasteiger partial charge in [-0.2, -0.15) is 0 Å². The van der Waals surface area contributed by atoms with E-state index in [2.05, 4.69) is 24.4 Å². The van der Waals surface area contributed by atoms with E-state index in [0.29, 0.717) is 6.42 Å². The van der Waals surface area contributed by atoms with Crippen LogP contribution in [0.4, 0.5) is 0 Å². The Morgan fingerprint density at radius 3 is 2.55 bits per heavy atom. The van der Waals surface area contributed by atoms with Gasteiger partial charge >= 0.3 is 0 Å². The Balaban J connectivity index is 0.00000361. The van der Waals surface area contributed by atoms with Crippen LogP contribution in [0.25, 0.3) is 0 Å². The van der Waals surface area contributed by atoms with Gasteiger partial charge in [-0.15, -0.1) is 12.4 Å². The second kappa shape index (κ2) is 11.7. The number of hydrogen-bond acceptors (Lipinski definition) is 2. The molecule has 0 spiro atoms. The lowest BCUT2D eigenvalue weighted by Gasteiger charge is -2.07. The molecule has 20 heavy (non-hydrogen) atoms. The molecule has 1 rings (SSSR count). The number of halogens is 1. The van der Waals surface area contributed by atoms with Crippen LogP contribution < -0.4 is 11.1 Å². The standard InChI is InChI=1S/C16H26N2O.ClH/c1-14-8-5-6-9-15(14)11-13-18-16(19)10-4-2-3-7-12-17;/h5-6,8-9H,2-4,7,10-13,17H2,1H3,(H,18,19);1H. The van der Waals surface area contributed by atoms with Gasteiger partial charge in [-0.25, -0.2) is 0 Å². The smallest absolute Gasteiger partial charge is 0.220 e. The van der Waals surface area contributed by atoms with E-state index >= 15 is 0 Å². The molecule has 0 heterocycles. The third-order valence-electron chi connectivity index (χ3n) is 3.34. The van der Waals surface area contributed by atoms with Crippen molar-refractivity contribution < 1.29 is 4.79 Å². The Morgan fingerprint density at radius 1 is 1.15 bits per heavy atom. The van der Waals surface area contributed by atoms with Crippen molar-refractivity contribution in [3.05, 3.63) is 35.4 Å². The molecule has 4 heteroatoms. The summed E-state index contributed by atoms with van der Waals surface area (Å²) in [6.45, 7) is 3.59. The second-order valence-corrected chi connectivity index (χ2v) is 4.98. The van der Waals surface area contributed by atoms with E-state index in [1.54, 1.807) is 0 Å². The number of benzene rings is 1. The third kappa shape index (κ3) is 8.18. The summed E-state index contributed by atoms with van der Waals surface area (Å²) in [5.74, 6) is 0.168. The first-order chi connectivity index (χ1) is 9.24. The van der Waals surface area contributed by atoms with E-state index in [4.69, 9.17) is 5.73 Å². The molecular formula is C16H27ClN2O. The average Bonchev–Trinajstić information content (AvgIpc) is 2.41. The van der Waals surface area contributed by atoms with Crippen LogP contribution in [0.2, 0.25) is 0 Å². The Morgan fingerprint density at radius 2 is 1.85 bits per heavy atom. The molecular weight excluding hydrogens is 272 g/mol. The normalized spacial score (nSPS) is 9.90. The maximum absolute atomic E-state index is 11.6. The number of amides is 1. The lowest BCUT2D eigenvalue weighted by Crippen LogP contribution is -2.25. The Labute approximate surface area is 128 Å². The predicted octanol–water partition coefficient (Wildman–Crippen LogP) is 2.98. The first-order valence-electron chi connectivity index (χ1n) is 7.25. The molecule has 114 valence electrons. The van der Waals surface area contributed by atoms with Gasteiger partial charge in [0.25, 0.3) is 0 Å². The van der Waals surface area contributed by atoms with E-state index in [-0.39, 0.29) is 18.3 Å². The highest BCUT2D eigenvalue weighted by Crippen LogP contribution is 2.07. The van der Waals surface area contributed by atoms with Gasteiger partial charge in [-0.1, -0.05) is 37.1 Å². The topological polar surface area (TPSA) is 55.1 Å². The molecule has 0 fully saturated rings. The largest absolute Gasteiger partial charge is 0.356 e. The molecule has 1 aromatic carbocycles. The predicted molar refractivity (Wildman–Crippen MR) is 87.3 cm³/mol. The van der Waals surface area contributed by atoms with Crippen LogP contribution in [-0.2, 0) is 11.2 Å². The number of unbranched alkanes of at least 4 members (excludes halogenated alkanes) is 3. The molecule has 0 aromatic heterocycles. The summed E-state index contributed by atoms with van der Waals surface area (Å²) in [6.07, 6.45) is 5.81. The number of rotatable bonds is 9. The molecule has 3 nitrogen and oxygen atoms in total. The van der Waals surface area contributed by atoms with E-state index in [1.165, 1.54) is 11.1 Å². The number of aryl methyl sites for hydroxylation is 1. The molecule has 0 bridgehead atoms. The highest BCUT2D eigenvalue weighted by atomic mass is 35.5. The third-order valence-corrected chi connectivity index (χ3v) is 3.34. The molecule has 1 aromatic rings. The molecule has 1 amide bonds. The minimum atomic E-state index is 0. The molecule has 0 saturated heterocycles. The van der Waals surface area contributed by atoms with E-state index in [0.717, 1.165) is 45.2 Å². The van der Waals surface area contributed by atoms with E-state index < -0.39 is 0 Å². The summed E-state index contributed by atoms with van der Waals surface area (Å²) in [5, 5.41) is 2.99. The van der Waals surface area contributed by atoms with Crippen LogP contribution in [-0.4, -0.2) is 19.0 Å². The molecule has 3 N–H and O–H groups in total. The molecule has 0 saturated carbocycles. The van der Waals surface area contributed by atoms with Crippen LogP contribution in [0.5, 0.6) is 0 Å². The van der Waals surface area contributed by atoms with Crippen LogP contribution >= 0.6 is 12.4 Å². The zero-order chi connectivity index (χ0) is 13.9. The monoisotopic (exact) mass is 298 g/mol. The highest BCUT2D eigenvalue weighted by Gasteiger charge is 2.01. The van der Waals surface area contributed by atoms with Crippen molar-refractivity contribution in [3.63, 3.8) is 0 Å². The summed E-state index contributed by atoms with van der Waals surface area (Å²) < 4.78 is 0. The molecule has 0 aliphatic heterocycles. The number of nitrogens with one attached hydrogen (secondary N) is 1. The number of hydrogen-bond donors (Lipinski definition) is 2. The molecule has 0 aliphatic rings. The quantitative estimate of drug-likeness (QED) is 0.689. The van der Waals surface area contributed by atoms with Crippen LogP contribution in [0.15, 0.2) is 24.3 Å². The first-order valence-corrected chi connectivity index (χ1v) is 7.25. The van der Waals surface area contributed by atoms with Crippen molar-refractivity contribution in [1.82, 2.24) is 5.32 Å². The fraction of sp³-hybridized carbons (Fsp3) is 0.562. The van der Waals surface area contributed by atoms with Crippen molar-refractivity contribution in [2.45, 2.75) is 45.4 Å².